The molecule has 0 radical (unpaired) electrons. The van der Waals surface area contributed by atoms with Crippen molar-refractivity contribution in [3.8, 4) is 0 Å². The van der Waals surface area contributed by atoms with Crippen molar-refractivity contribution < 1.29 is 17.9 Å². The van der Waals surface area contributed by atoms with Crippen LogP contribution in [0.4, 0.5) is 10.5 Å². The number of benzene rings is 1. The summed E-state index contributed by atoms with van der Waals surface area (Å²) in [5.74, 6) is -0.139. The molecule has 3 rings (SSSR count). The van der Waals surface area contributed by atoms with E-state index in [0.717, 1.165) is 0 Å². The Morgan fingerprint density at radius 2 is 1.89 bits per heavy atom. The maximum Gasteiger partial charge on any atom is 0.415 e. The van der Waals surface area contributed by atoms with Gasteiger partial charge in [0.2, 0.25) is 0 Å². The van der Waals surface area contributed by atoms with Crippen molar-refractivity contribution in [3.05, 3.63) is 29.3 Å². The summed E-state index contributed by atoms with van der Waals surface area (Å²) in [5, 5.41) is 0.557. The van der Waals surface area contributed by atoms with Crippen LogP contribution in [-0.2, 0) is 14.6 Å². The highest BCUT2D eigenvalue weighted by molar-refractivity contribution is 7.91. The highest BCUT2D eigenvalue weighted by Crippen LogP contribution is 2.33. The molecule has 0 aliphatic carbocycles. The molecule has 0 unspecified atom stereocenters. The van der Waals surface area contributed by atoms with Crippen molar-refractivity contribution in [3.63, 3.8) is 0 Å². The second kappa shape index (κ2) is 3.86. The quantitative estimate of drug-likeness (QED) is 0.784. The number of nitrogens with zero attached hydrogens (tertiary/aromatic N) is 1. The molecule has 2 fully saturated rings. The molecule has 2 atom stereocenters. The molecule has 96 valence electrons. The molecule has 2 aliphatic heterocycles. The van der Waals surface area contributed by atoms with Crippen molar-refractivity contribution in [2.24, 2.45) is 0 Å². The molecule has 0 aromatic heterocycles. The standard InChI is InChI=1S/C11H10ClNO4S/c12-7-1-3-8(4-2-7)13-9-5-18(15,16)6-10(9)17-11(13)14/h1-4,9-10H,5-6H2/t9-,10+/m0/s1. The summed E-state index contributed by atoms with van der Waals surface area (Å²) in [5.41, 5.74) is 0.606. The van der Waals surface area contributed by atoms with Crippen molar-refractivity contribution in [1.82, 2.24) is 0 Å². The van der Waals surface area contributed by atoms with E-state index in [2.05, 4.69) is 0 Å². The Balaban J connectivity index is 1.96. The number of sulfone groups is 1. The average molecular weight is 288 g/mol. The fourth-order valence-corrected chi connectivity index (χ4v) is 4.31. The zero-order valence-electron chi connectivity index (χ0n) is 9.24. The molecule has 2 heterocycles. The first-order valence-corrected chi connectivity index (χ1v) is 7.62. The molecule has 0 spiro atoms. The van der Waals surface area contributed by atoms with Gasteiger partial charge in [0, 0.05) is 10.7 Å². The number of carbonyl (C=O) groups is 1. The first kappa shape index (κ1) is 11.8. The lowest BCUT2D eigenvalue weighted by atomic mass is 10.2. The summed E-state index contributed by atoms with van der Waals surface area (Å²) in [7, 11) is -3.12. The van der Waals surface area contributed by atoms with Crippen LogP contribution in [0.25, 0.3) is 0 Å². The van der Waals surface area contributed by atoms with Crippen LogP contribution in [0.3, 0.4) is 0 Å². The van der Waals surface area contributed by atoms with Crippen LogP contribution in [0.5, 0.6) is 0 Å². The van der Waals surface area contributed by atoms with E-state index in [0.29, 0.717) is 10.7 Å². The number of carbonyl (C=O) groups excluding carboxylic acids is 1. The number of hydrogen-bond donors (Lipinski definition) is 0. The van der Waals surface area contributed by atoms with Gasteiger partial charge < -0.3 is 4.74 Å². The van der Waals surface area contributed by atoms with Gasteiger partial charge >= 0.3 is 6.09 Å². The second-order valence-electron chi connectivity index (χ2n) is 4.41. The molecular formula is C11H10ClNO4S. The Morgan fingerprint density at radius 3 is 2.56 bits per heavy atom. The minimum atomic E-state index is -3.12. The fourth-order valence-electron chi connectivity index (χ4n) is 2.37. The molecule has 2 aliphatic rings. The van der Waals surface area contributed by atoms with Crippen molar-refractivity contribution in [1.29, 1.82) is 0 Å². The van der Waals surface area contributed by atoms with E-state index >= 15 is 0 Å². The minimum absolute atomic E-state index is 0.0496. The van der Waals surface area contributed by atoms with E-state index < -0.39 is 28.1 Å². The van der Waals surface area contributed by atoms with Gasteiger partial charge in [0.15, 0.2) is 9.84 Å². The van der Waals surface area contributed by atoms with Gasteiger partial charge in [-0.25, -0.2) is 13.2 Å². The van der Waals surface area contributed by atoms with Gasteiger partial charge in [-0.2, -0.15) is 0 Å². The first-order chi connectivity index (χ1) is 8.46. The van der Waals surface area contributed by atoms with Gasteiger partial charge in [-0.1, -0.05) is 11.6 Å². The SMILES string of the molecule is O=C1O[C@@H]2CS(=O)(=O)C[C@@H]2N1c1ccc(Cl)cc1. The highest BCUT2D eigenvalue weighted by Gasteiger charge is 2.51. The molecule has 0 saturated carbocycles. The lowest BCUT2D eigenvalue weighted by Crippen LogP contribution is -2.36. The number of amides is 1. The number of halogens is 1. The molecule has 7 heteroatoms. The van der Waals surface area contributed by atoms with Gasteiger partial charge in [-0.15, -0.1) is 0 Å². The third-order valence-corrected chi connectivity index (χ3v) is 5.10. The smallest absolute Gasteiger partial charge is 0.415 e. The van der Waals surface area contributed by atoms with Crippen LogP contribution in [0.2, 0.25) is 5.02 Å². The van der Waals surface area contributed by atoms with Gasteiger partial charge in [0.25, 0.3) is 0 Å². The fraction of sp³-hybridized carbons (Fsp3) is 0.364. The zero-order chi connectivity index (χ0) is 12.9. The van der Waals surface area contributed by atoms with Crippen LogP contribution >= 0.6 is 11.6 Å². The van der Waals surface area contributed by atoms with E-state index in [4.69, 9.17) is 16.3 Å². The van der Waals surface area contributed by atoms with Gasteiger partial charge in [0.05, 0.1) is 17.5 Å². The van der Waals surface area contributed by atoms with E-state index in [1.54, 1.807) is 24.3 Å². The second-order valence-corrected chi connectivity index (χ2v) is 7.00. The molecule has 18 heavy (non-hydrogen) atoms. The van der Waals surface area contributed by atoms with Crippen LogP contribution in [0.15, 0.2) is 24.3 Å². The molecule has 5 nitrogen and oxygen atoms in total. The lowest BCUT2D eigenvalue weighted by Gasteiger charge is -2.19. The van der Waals surface area contributed by atoms with Crippen LogP contribution < -0.4 is 4.90 Å². The molecule has 1 amide bonds. The number of rotatable bonds is 1. The molecule has 1 aromatic carbocycles. The predicted molar refractivity (Wildman–Crippen MR) is 66.6 cm³/mol. The summed E-state index contributed by atoms with van der Waals surface area (Å²) in [6.45, 7) is 0. The monoisotopic (exact) mass is 287 g/mol. The highest BCUT2D eigenvalue weighted by atomic mass is 35.5. The minimum Gasteiger partial charge on any atom is -0.442 e. The predicted octanol–water partition coefficient (Wildman–Crippen LogP) is 1.46. The first-order valence-electron chi connectivity index (χ1n) is 5.42. The largest absolute Gasteiger partial charge is 0.442 e. The molecule has 0 bridgehead atoms. The van der Waals surface area contributed by atoms with Gasteiger partial charge in [-0.3, -0.25) is 4.90 Å². The number of ether oxygens (including phenoxy) is 1. The molecule has 0 N–H and O–H groups in total. The topological polar surface area (TPSA) is 63.7 Å². The van der Waals surface area contributed by atoms with Crippen molar-refractivity contribution in [2.75, 3.05) is 16.4 Å². The number of hydrogen-bond acceptors (Lipinski definition) is 4. The molecule has 1 aromatic rings. The van der Waals surface area contributed by atoms with E-state index in [1.165, 1.54) is 4.90 Å². The lowest BCUT2D eigenvalue weighted by molar-refractivity contribution is 0.147. The third kappa shape index (κ3) is 1.85. The summed E-state index contributed by atoms with van der Waals surface area (Å²) >= 11 is 5.78. The van der Waals surface area contributed by atoms with E-state index in [-0.39, 0.29) is 11.5 Å². The van der Waals surface area contributed by atoms with Crippen LogP contribution in [0.1, 0.15) is 0 Å². The summed E-state index contributed by atoms with van der Waals surface area (Å²) in [4.78, 5) is 13.2. The van der Waals surface area contributed by atoms with Crippen molar-refractivity contribution in [2.45, 2.75) is 12.1 Å². The summed E-state index contributed by atoms with van der Waals surface area (Å²) in [6.07, 6.45) is -1.06. The maximum atomic E-state index is 11.8. The Morgan fingerprint density at radius 1 is 1.22 bits per heavy atom. The van der Waals surface area contributed by atoms with E-state index in [9.17, 15) is 13.2 Å². The Hall–Kier alpha value is -1.27. The Kier molecular flexibility index (Phi) is 2.53. The van der Waals surface area contributed by atoms with E-state index in [1.807, 2.05) is 0 Å². The summed E-state index contributed by atoms with van der Waals surface area (Å²) < 4.78 is 28.2. The summed E-state index contributed by atoms with van der Waals surface area (Å²) in [6, 6.07) is 6.24. The normalized spacial score (nSPS) is 29.2. The Bertz CT molecular complexity index is 598. The molecular weight excluding hydrogens is 278 g/mol. The van der Waals surface area contributed by atoms with Crippen molar-refractivity contribution >= 4 is 33.2 Å². The van der Waals surface area contributed by atoms with Crippen LogP contribution in [-0.4, -0.2) is 38.2 Å². The molecule has 2 saturated heterocycles. The average Bonchev–Trinajstić information content (AvgIpc) is 2.70. The van der Waals surface area contributed by atoms with Crippen LogP contribution in [0, 0.1) is 0 Å². The number of anilines is 1. The number of fused-ring (bicyclic) bond motifs is 1. The third-order valence-electron chi connectivity index (χ3n) is 3.16. The maximum absolute atomic E-state index is 11.8. The van der Waals surface area contributed by atoms with Gasteiger partial charge in [-0.05, 0) is 24.3 Å². The zero-order valence-corrected chi connectivity index (χ0v) is 10.8. The Labute approximate surface area is 109 Å². The van der Waals surface area contributed by atoms with Gasteiger partial charge in [0.1, 0.15) is 6.10 Å².